The topological polar surface area (TPSA) is 91.5 Å². The van der Waals surface area contributed by atoms with E-state index in [9.17, 15) is 14.4 Å². The van der Waals surface area contributed by atoms with Gasteiger partial charge in [0.15, 0.2) is 6.61 Å². The fourth-order valence-electron chi connectivity index (χ4n) is 2.99. The number of amides is 2. The lowest BCUT2D eigenvalue weighted by Crippen LogP contribution is -2.41. The van der Waals surface area contributed by atoms with Crippen LogP contribution in [0, 0.1) is 13.8 Å². The number of pyridine rings is 1. The molecular weight excluding hydrogens is 334 g/mol. The van der Waals surface area contributed by atoms with Gasteiger partial charge in [-0.1, -0.05) is 12.1 Å². The van der Waals surface area contributed by atoms with Crippen molar-refractivity contribution in [3.05, 3.63) is 57.5 Å². The monoisotopic (exact) mass is 355 g/mol. The van der Waals surface area contributed by atoms with E-state index in [1.165, 1.54) is 0 Å². The number of H-pyrrole nitrogens is 1. The van der Waals surface area contributed by atoms with E-state index in [1.54, 1.807) is 17.0 Å². The summed E-state index contributed by atoms with van der Waals surface area (Å²) in [5.41, 5.74) is 2.63. The number of rotatable bonds is 5. The Morgan fingerprint density at radius 3 is 2.81 bits per heavy atom. The summed E-state index contributed by atoms with van der Waals surface area (Å²) in [7, 11) is 0. The Morgan fingerprint density at radius 2 is 2.04 bits per heavy atom. The minimum Gasteiger partial charge on any atom is -0.482 e. The van der Waals surface area contributed by atoms with Crippen molar-refractivity contribution in [3.8, 4) is 5.75 Å². The molecule has 1 aromatic carbocycles. The maximum atomic E-state index is 12.2. The number of hydrogen-bond acceptors (Lipinski definition) is 4. The molecule has 0 atom stereocenters. The van der Waals surface area contributed by atoms with Crippen molar-refractivity contribution in [3.63, 3.8) is 0 Å². The smallest absolute Gasteiger partial charge is 0.265 e. The molecule has 2 aromatic rings. The van der Waals surface area contributed by atoms with Gasteiger partial charge >= 0.3 is 0 Å². The van der Waals surface area contributed by atoms with E-state index >= 15 is 0 Å². The first kappa shape index (κ1) is 17.7. The summed E-state index contributed by atoms with van der Waals surface area (Å²) < 4.78 is 5.38. The Morgan fingerprint density at radius 1 is 1.27 bits per heavy atom. The quantitative estimate of drug-likeness (QED) is 0.849. The van der Waals surface area contributed by atoms with E-state index in [1.807, 2.05) is 32.0 Å². The van der Waals surface area contributed by atoms with Crippen LogP contribution in [0.2, 0.25) is 0 Å². The number of nitrogens with one attached hydrogen (secondary N) is 2. The lowest BCUT2D eigenvalue weighted by atomic mass is 10.1. The van der Waals surface area contributed by atoms with Crippen LogP contribution in [-0.4, -0.2) is 29.9 Å². The number of fused-ring (bicyclic) bond motifs is 1. The second-order valence-corrected chi connectivity index (χ2v) is 6.27. The van der Waals surface area contributed by atoms with Crippen molar-refractivity contribution < 1.29 is 14.3 Å². The number of anilines is 1. The molecule has 2 heterocycles. The number of para-hydroxylation sites is 2. The zero-order valence-electron chi connectivity index (χ0n) is 14.8. The molecular formula is C19H21N3O4. The number of carbonyl (C=O) groups is 2. The van der Waals surface area contributed by atoms with Crippen LogP contribution in [0.15, 0.2) is 35.1 Å². The minimum atomic E-state index is -0.221. The van der Waals surface area contributed by atoms with Gasteiger partial charge < -0.3 is 19.9 Å². The van der Waals surface area contributed by atoms with Crippen molar-refractivity contribution in [2.75, 3.05) is 18.1 Å². The standard InChI is InChI=1S/C19H21N3O4/c1-12-9-13(2)21-19(25)14(12)10-20-17(23)7-8-22-15-5-3-4-6-16(15)26-11-18(22)24/h3-6,9H,7-8,10-11H2,1-2H3,(H,20,23)(H,21,25). The van der Waals surface area contributed by atoms with Gasteiger partial charge in [-0.05, 0) is 37.6 Å². The average Bonchev–Trinajstić information content (AvgIpc) is 2.60. The fourth-order valence-corrected chi connectivity index (χ4v) is 2.99. The highest BCUT2D eigenvalue weighted by Crippen LogP contribution is 2.31. The van der Waals surface area contributed by atoms with Crippen molar-refractivity contribution in [1.82, 2.24) is 10.3 Å². The van der Waals surface area contributed by atoms with Gasteiger partial charge in [0.2, 0.25) is 5.91 Å². The number of hydrogen-bond donors (Lipinski definition) is 2. The summed E-state index contributed by atoms with van der Waals surface area (Å²) >= 11 is 0. The molecule has 7 heteroatoms. The molecule has 0 aliphatic carbocycles. The van der Waals surface area contributed by atoms with Gasteiger partial charge in [-0.15, -0.1) is 0 Å². The summed E-state index contributed by atoms with van der Waals surface area (Å²) in [6, 6.07) is 9.11. The summed E-state index contributed by atoms with van der Waals surface area (Å²) in [6.07, 6.45) is 0.142. The van der Waals surface area contributed by atoms with Crippen molar-refractivity contribution in [2.24, 2.45) is 0 Å². The van der Waals surface area contributed by atoms with Crippen LogP contribution < -0.4 is 20.5 Å². The first-order chi connectivity index (χ1) is 12.5. The van der Waals surface area contributed by atoms with Crippen LogP contribution in [0.5, 0.6) is 5.75 Å². The molecule has 7 nitrogen and oxygen atoms in total. The van der Waals surface area contributed by atoms with Crippen LogP contribution in [0.4, 0.5) is 5.69 Å². The van der Waals surface area contributed by atoms with Gasteiger partial charge in [-0.25, -0.2) is 0 Å². The highest BCUT2D eigenvalue weighted by molar-refractivity contribution is 5.98. The van der Waals surface area contributed by atoms with Gasteiger partial charge in [0, 0.05) is 30.8 Å². The maximum absolute atomic E-state index is 12.2. The third-order valence-corrected chi connectivity index (χ3v) is 4.33. The van der Waals surface area contributed by atoms with E-state index in [4.69, 9.17) is 4.74 Å². The largest absolute Gasteiger partial charge is 0.482 e. The molecule has 0 fully saturated rings. The molecule has 0 bridgehead atoms. The van der Waals surface area contributed by atoms with E-state index in [2.05, 4.69) is 10.3 Å². The Labute approximate surface area is 151 Å². The lowest BCUT2D eigenvalue weighted by molar-refractivity contribution is -0.122. The molecule has 136 valence electrons. The van der Waals surface area contributed by atoms with Gasteiger partial charge in [0.1, 0.15) is 5.75 Å². The van der Waals surface area contributed by atoms with Crippen LogP contribution in [-0.2, 0) is 16.1 Å². The van der Waals surface area contributed by atoms with E-state index in [-0.39, 0.29) is 43.5 Å². The van der Waals surface area contributed by atoms with E-state index in [0.29, 0.717) is 17.0 Å². The molecule has 1 aliphatic rings. The first-order valence-electron chi connectivity index (χ1n) is 8.44. The normalized spacial score (nSPS) is 13.2. The number of aryl methyl sites for hydroxylation is 2. The Balaban J connectivity index is 1.60. The van der Waals surface area contributed by atoms with Crippen molar-refractivity contribution >= 4 is 17.5 Å². The molecule has 2 N–H and O–H groups in total. The molecule has 0 radical (unpaired) electrons. The van der Waals surface area contributed by atoms with Crippen molar-refractivity contribution in [1.29, 1.82) is 0 Å². The minimum absolute atomic E-state index is 0.0312. The molecule has 1 aromatic heterocycles. The molecule has 0 saturated heterocycles. The molecule has 26 heavy (non-hydrogen) atoms. The summed E-state index contributed by atoms with van der Waals surface area (Å²) in [6.45, 7) is 4.04. The first-order valence-corrected chi connectivity index (χ1v) is 8.44. The SMILES string of the molecule is Cc1cc(C)c(CNC(=O)CCN2C(=O)COc3ccccc32)c(=O)[nH]1. The number of nitrogens with zero attached hydrogens (tertiary/aromatic N) is 1. The lowest BCUT2D eigenvalue weighted by Gasteiger charge is -2.29. The molecule has 0 unspecified atom stereocenters. The average molecular weight is 355 g/mol. The Bertz CT molecular complexity index is 904. The third kappa shape index (κ3) is 3.77. The third-order valence-electron chi connectivity index (χ3n) is 4.33. The summed E-state index contributed by atoms with van der Waals surface area (Å²) in [4.78, 5) is 40.5. The van der Waals surface area contributed by atoms with Crippen LogP contribution >= 0.6 is 0 Å². The Kier molecular flexibility index (Phi) is 5.06. The molecule has 0 saturated carbocycles. The van der Waals surface area contributed by atoms with E-state index < -0.39 is 0 Å². The van der Waals surface area contributed by atoms with E-state index in [0.717, 1.165) is 11.3 Å². The van der Waals surface area contributed by atoms with Gasteiger partial charge in [-0.3, -0.25) is 14.4 Å². The number of ether oxygens (including phenoxy) is 1. The van der Waals surface area contributed by atoms with Crippen LogP contribution in [0.3, 0.4) is 0 Å². The van der Waals surface area contributed by atoms with Crippen LogP contribution in [0.1, 0.15) is 23.2 Å². The maximum Gasteiger partial charge on any atom is 0.265 e. The second-order valence-electron chi connectivity index (χ2n) is 6.27. The summed E-state index contributed by atoms with van der Waals surface area (Å²) in [5, 5.41) is 2.75. The number of benzene rings is 1. The number of aromatic nitrogens is 1. The van der Waals surface area contributed by atoms with Crippen LogP contribution in [0.25, 0.3) is 0 Å². The van der Waals surface area contributed by atoms with Gasteiger partial charge in [0.05, 0.1) is 5.69 Å². The zero-order valence-corrected chi connectivity index (χ0v) is 14.8. The fraction of sp³-hybridized carbons (Fsp3) is 0.316. The molecule has 2 amide bonds. The number of carbonyl (C=O) groups excluding carboxylic acids is 2. The van der Waals surface area contributed by atoms with Crippen molar-refractivity contribution in [2.45, 2.75) is 26.8 Å². The molecule has 0 spiro atoms. The molecule has 3 rings (SSSR count). The number of aromatic amines is 1. The molecule has 1 aliphatic heterocycles. The zero-order chi connectivity index (χ0) is 18.7. The predicted molar refractivity (Wildman–Crippen MR) is 97.3 cm³/mol. The Hall–Kier alpha value is -3.09. The second kappa shape index (κ2) is 7.43. The highest BCUT2D eigenvalue weighted by atomic mass is 16.5. The van der Waals surface area contributed by atoms with Gasteiger partial charge in [-0.2, -0.15) is 0 Å². The highest BCUT2D eigenvalue weighted by Gasteiger charge is 2.25. The van der Waals surface area contributed by atoms with Gasteiger partial charge in [0.25, 0.3) is 11.5 Å². The summed E-state index contributed by atoms with van der Waals surface area (Å²) in [5.74, 6) is 0.234. The predicted octanol–water partition coefficient (Wildman–Crippen LogP) is 1.42.